The van der Waals surface area contributed by atoms with Crippen molar-refractivity contribution >= 4 is 41.0 Å². The molecule has 2 heterocycles. The first kappa shape index (κ1) is 23.5. The molecule has 1 unspecified atom stereocenters. The lowest BCUT2D eigenvalue weighted by Gasteiger charge is -2.24. The van der Waals surface area contributed by atoms with Crippen molar-refractivity contribution in [3.05, 3.63) is 66.0 Å². The Morgan fingerprint density at radius 3 is 2.65 bits per heavy atom. The smallest absolute Gasteiger partial charge is 0.191 e. The number of benzene rings is 2. The SMILES string of the molecule is CCNC(=NCc1ccc(Cn2cnc3ccccc32)cc1)NCC1(C)CCCO1.I. The molecule has 0 spiro atoms. The topological polar surface area (TPSA) is 63.5 Å². The Balaban J connectivity index is 0.00000272. The highest BCUT2D eigenvalue weighted by molar-refractivity contribution is 14.0. The highest BCUT2D eigenvalue weighted by Gasteiger charge is 2.29. The van der Waals surface area contributed by atoms with E-state index in [1.165, 1.54) is 11.1 Å². The second-order valence-electron chi connectivity index (χ2n) is 8.13. The molecule has 1 aliphatic rings. The standard InChI is InChI=1S/C24H31N5O.HI/c1-3-25-23(27-17-24(2)13-6-14-30-24)26-15-19-9-11-20(12-10-19)16-29-18-28-21-7-4-5-8-22(21)29;/h4-5,7-12,18H,3,6,13-17H2,1-2H3,(H2,25,26,27);1H. The quantitative estimate of drug-likeness (QED) is 0.270. The van der Waals surface area contributed by atoms with Crippen molar-refractivity contribution < 1.29 is 4.74 Å². The lowest BCUT2D eigenvalue weighted by atomic mass is 10.0. The van der Waals surface area contributed by atoms with Crippen LogP contribution in [0.1, 0.15) is 37.8 Å². The molecular weight excluding hydrogens is 501 g/mol. The summed E-state index contributed by atoms with van der Waals surface area (Å²) in [7, 11) is 0. The van der Waals surface area contributed by atoms with E-state index in [0.717, 1.165) is 56.1 Å². The lowest BCUT2D eigenvalue weighted by molar-refractivity contribution is 0.0243. The van der Waals surface area contributed by atoms with E-state index in [-0.39, 0.29) is 29.6 Å². The molecule has 6 nitrogen and oxygen atoms in total. The summed E-state index contributed by atoms with van der Waals surface area (Å²) >= 11 is 0. The van der Waals surface area contributed by atoms with Gasteiger partial charge < -0.3 is 19.9 Å². The van der Waals surface area contributed by atoms with E-state index < -0.39 is 0 Å². The molecule has 3 aromatic rings. The summed E-state index contributed by atoms with van der Waals surface area (Å²) in [5.41, 5.74) is 4.54. The molecule has 0 bridgehead atoms. The molecule has 1 fully saturated rings. The first-order chi connectivity index (χ1) is 14.6. The van der Waals surface area contributed by atoms with Crippen molar-refractivity contribution in [1.29, 1.82) is 0 Å². The monoisotopic (exact) mass is 533 g/mol. The number of imidazole rings is 1. The number of hydrogen-bond donors (Lipinski definition) is 2. The van der Waals surface area contributed by atoms with E-state index in [1.54, 1.807) is 0 Å². The first-order valence-electron chi connectivity index (χ1n) is 10.8. The van der Waals surface area contributed by atoms with Gasteiger partial charge in [-0.15, -0.1) is 24.0 Å². The molecule has 2 aromatic carbocycles. The van der Waals surface area contributed by atoms with Gasteiger partial charge in [-0.05, 0) is 49.9 Å². The molecule has 0 amide bonds. The number of rotatable bonds is 7. The van der Waals surface area contributed by atoms with Crippen LogP contribution in [0.15, 0.2) is 59.9 Å². The Bertz CT molecular complexity index is 993. The van der Waals surface area contributed by atoms with E-state index in [1.807, 2.05) is 18.5 Å². The van der Waals surface area contributed by atoms with E-state index in [9.17, 15) is 0 Å². The zero-order valence-corrected chi connectivity index (χ0v) is 20.6. The van der Waals surface area contributed by atoms with Crippen LogP contribution in [0.2, 0.25) is 0 Å². The Morgan fingerprint density at radius 2 is 1.90 bits per heavy atom. The van der Waals surface area contributed by atoms with Crippen LogP contribution in [0.5, 0.6) is 0 Å². The molecule has 1 aliphatic heterocycles. The molecule has 1 saturated heterocycles. The summed E-state index contributed by atoms with van der Waals surface area (Å²) in [6.45, 7) is 8.16. The molecule has 1 aromatic heterocycles. The third kappa shape index (κ3) is 6.20. The first-order valence-corrected chi connectivity index (χ1v) is 10.8. The number of aromatic nitrogens is 2. The number of nitrogens with zero attached hydrogens (tertiary/aromatic N) is 3. The summed E-state index contributed by atoms with van der Waals surface area (Å²) in [5.74, 6) is 0.836. The maximum absolute atomic E-state index is 5.86. The van der Waals surface area contributed by atoms with Crippen molar-refractivity contribution in [3.63, 3.8) is 0 Å². The highest BCUT2D eigenvalue weighted by atomic mass is 127. The van der Waals surface area contributed by atoms with Crippen molar-refractivity contribution in [2.75, 3.05) is 19.7 Å². The fourth-order valence-electron chi connectivity index (χ4n) is 3.84. The maximum atomic E-state index is 5.86. The largest absolute Gasteiger partial charge is 0.373 e. The van der Waals surface area contributed by atoms with Crippen LogP contribution in [0, 0.1) is 0 Å². The van der Waals surface area contributed by atoms with E-state index in [4.69, 9.17) is 9.73 Å². The maximum Gasteiger partial charge on any atom is 0.191 e. The van der Waals surface area contributed by atoms with Crippen LogP contribution in [-0.4, -0.2) is 40.8 Å². The summed E-state index contributed by atoms with van der Waals surface area (Å²) in [6, 6.07) is 16.9. The Kier molecular flexibility index (Phi) is 8.31. The fourth-order valence-corrected chi connectivity index (χ4v) is 3.84. The predicted octanol–water partition coefficient (Wildman–Crippen LogP) is 4.33. The van der Waals surface area contributed by atoms with Crippen LogP contribution >= 0.6 is 24.0 Å². The molecule has 1 atom stereocenters. The van der Waals surface area contributed by atoms with Gasteiger partial charge in [-0.1, -0.05) is 36.4 Å². The van der Waals surface area contributed by atoms with Crippen molar-refractivity contribution in [1.82, 2.24) is 20.2 Å². The average molecular weight is 533 g/mol. The number of guanidine groups is 1. The summed E-state index contributed by atoms with van der Waals surface area (Å²) in [4.78, 5) is 9.22. The molecule has 4 rings (SSSR count). The average Bonchev–Trinajstić information content (AvgIpc) is 3.38. The van der Waals surface area contributed by atoms with Gasteiger partial charge in [0.2, 0.25) is 0 Å². The number of ether oxygens (including phenoxy) is 1. The van der Waals surface area contributed by atoms with Gasteiger partial charge in [0, 0.05) is 26.2 Å². The fraction of sp³-hybridized carbons (Fsp3) is 0.417. The van der Waals surface area contributed by atoms with Gasteiger partial charge in [0.05, 0.1) is 29.5 Å². The van der Waals surface area contributed by atoms with Crippen molar-refractivity contribution in [2.45, 2.75) is 45.4 Å². The zero-order chi connectivity index (χ0) is 20.8. The lowest BCUT2D eigenvalue weighted by Crippen LogP contribution is -2.45. The third-order valence-corrected chi connectivity index (χ3v) is 5.60. The van der Waals surface area contributed by atoms with Crippen LogP contribution < -0.4 is 10.6 Å². The second-order valence-corrected chi connectivity index (χ2v) is 8.13. The molecule has 7 heteroatoms. The number of halogens is 1. The number of para-hydroxylation sites is 2. The minimum Gasteiger partial charge on any atom is -0.373 e. The minimum atomic E-state index is -0.0880. The number of hydrogen-bond acceptors (Lipinski definition) is 3. The van der Waals surface area contributed by atoms with Crippen molar-refractivity contribution in [3.8, 4) is 0 Å². The summed E-state index contributed by atoms with van der Waals surface area (Å²) in [6.07, 6.45) is 4.13. The number of nitrogens with one attached hydrogen (secondary N) is 2. The Labute approximate surface area is 201 Å². The van der Waals surface area contributed by atoms with Crippen LogP contribution in [-0.2, 0) is 17.8 Å². The normalized spacial score (nSPS) is 18.7. The number of fused-ring (bicyclic) bond motifs is 1. The van der Waals surface area contributed by atoms with Gasteiger partial charge in [-0.3, -0.25) is 0 Å². The molecule has 0 aliphatic carbocycles. The molecule has 31 heavy (non-hydrogen) atoms. The summed E-state index contributed by atoms with van der Waals surface area (Å²) < 4.78 is 8.04. The molecular formula is C24H32IN5O. The molecule has 166 valence electrons. The van der Waals surface area contributed by atoms with Gasteiger partial charge in [-0.2, -0.15) is 0 Å². The highest BCUT2D eigenvalue weighted by Crippen LogP contribution is 2.23. The van der Waals surface area contributed by atoms with E-state index in [0.29, 0.717) is 6.54 Å². The summed E-state index contributed by atoms with van der Waals surface area (Å²) in [5, 5.41) is 6.76. The van der Waals surface area contributed by atoms with E-state index in [2.05, 4.69) is 70.4 Å². The Morgan fingerprint density at radius 1 is 1.13 bits per heavy atom. The minimum absolute atomic E-state index is 0. The van der Waals surface area contributed by atoms with Crippen molar-refractivity contribution in [2.24, 2.45) is 4.99 Å². The molecule has 0 radical (unpaired) electrons. The van der Waals surface area contributed by atoms with Crippen LogP contribution in [0.25, 0.3) is 11.0 Å². The second kappa shape index (κ2) is 10.9. The van der Waals surface area contributed by atoms with Crippen LogP contribution in [0.3, 0.4) is 0 Å². The van der Waals surface area contributed by atoms with Gasteiger partial charge in [-0.25, -0.2) is 9.98 Å². The van der Waals surface area contributed by atoms with Gasteiger partial charge in [0.25, 0.3) is 0 Å². The zero-order valence-electron chi connectivity index (χ0n) is 18.3. The number of aliphatic imine (C=N–C) groups is 1. The molecule has 0 saturated carbocycles. The molecule has 2 N–H and O–H groups in total. The van der Waals surface area contributed by atoms with Gasteiger partial charge in [0.15, 0.2) is 5.96 Å². The predicted molar refractivity (Wildman–Crippen MR) is 137 cm³/mol. The third-order valence-electron chi connectivity index (χ3n) is 5.60. The van der Waals surface area contributed by atoms with Crippen LogP contribution in [0.4, 0.5) is 0 Å². The van der Waals surface area contributed by atoms with Gasteiger partial charge >= 0.3 is 0 Å². The van der Waals surface area contributed by atoms with Gasteiger partial charge in [0.1, 0.15) is 0 Å². The van der Waals surface area contributed by atoms with E-state index >= 15 is 0 Å². The Hall–Kier alpha value is -2.13.